The van der Waals surface area contributed by atoms with E-state index in [0.29, 0.717) is 12.4 Å². The van der Waals surface area contributed by atoms with Gasteiger partial charge in [-0.25, -0.2) is 4.39 Å². The summed E-state index contributed by atoms with van der Waals surface area (Å²) in [5, 5.41) is 9.95. The van der Waals surface area contributed by atoms with Gasteiger partial charge in [0.05, 0.1) is 6.61 Å². The second-order valence-corrected chi connectivity index (χ2v) is 4.43. The van der Waals surface area contributed by atoms with Crippen molar-refractivity contribution in [1.29, 1.82) is 0 Å². The first-order chi connectivity index (χ1) is 9.70. The van der Waals surface area contributed by atoms with Crippen LogP contribution in [0.4, 0.5) is 4.39 Å². The summed E-state index contributed by atoms with van der Waals surface area (Å²) in [4.78, 5) is 0. The molecule has 0 aliphatic heterocycles. The third kappa shape index (κ3) is 3.79. The molecule has 0 heterocycles. The van der Waals surface area contributed by atoms with Gasteiger partial charge in [-0.3, -0.25) is 0 Å². The summed E-state index contributed by atoms with van der Waals surface area (Å²) in [5.74, 6) is 0.187. The molecule has 0 amide bonds. The predicted molar refractivity (Wildman–Crippen MR) is 74.0 cm³/mol. The molecule has 4 heteroatoms. The molecule has 1 atom stereocenters. The van der Waals surface area contributed by atoms with Crippen molar-refractivity contribution in [3.63, 3.8) is 0 Å². The first-order valence-corrected chi connectivity index (χ1v) is 6.34. The van der Waals surface area contributed by atoms with Crippen molar-refractivity contribution in [1.82, 2.24) is 0 Å². The van der Waals surface area contributed by atoms with Crippen molar-refractivity contribution in [2.75, 3.05) is 13.7 Å². The Morgan fingerprint density at radius 3 is 2.70 bits per heavy atom. The lowest BCUT2D eigenvalue weighted by atomic mass is 10.1. The summed E-state index contributed by atoms with van der Waals surface area (Å²) < 4.78 is 24.0. The Kier molecular flexibility index (Phi) is 5.09. The van der Waals surface area contributed by atoms with Gasteiger partial charge in [-0.15, -0.1) is 0 Å². The molecule has 20 heavy (non-hydrogen) atoms. The molecule has 2 aromatic rings. The molecule has 106 valence electrons. The Morgan fingerprint density at radius 2 is 1.95 bits per heavy atom. The van der Waals surface area contributed by atoms with Crippen molar-refractivity contribution in [3.8, 4) is 5.75 Å². The van der Waals surface area contributed by atoms with Gasteiger partial charge < -0.3 is 14.6 Å². The lowest BCUT2D eigenvalue weighted by molar-refractivity contribution is 0.105. The molecular weight excluding hydrogens is 259 g/mol. The van der Waals surface area contributed by atoms with Gasteiger partial charge in [0.15, 0.2) is 0 Å². The van der Waals surface area contributed by atoms with E-state index in [0.717, 1.165) is 5.56 Å². The molecule has 0 aliphatic carbocycles. The average molecular weight is 276 g/mol. The van der Waals surface area contributed by atoms with Crippen LogP contribution in [0.1, 0.15) is 17.2 Å². The van der Waals surface area contributed by atoms with E-state index in [1.165, 1.54) is 6.07 Å². The molecule has 0 spiro atoms. The van der Waals surface area contributed by atoms with Crippen molar-refractivity contribution < 1.29 is 19.0 Å². The van der Waals surface area contributed by atoms with Crippen LogP contribution in [-0.4, -0.2) is 18.8 Å². The van der Waals surface area contributed by atoms with Crippen molar-refractivity contribution in [3.05, 3.63) is 65.5 Å². The molecule has 0 saturated carbocycles. The van der Waals surface area contributed by atoms with E-state index in [2.05, 4.69) is 0 Å². The SMILES string of the molecule is COCc1cccc(OCC(O)c2ccccc2F)c1. The minimum Gasteiger partial charge on any atom is -0.491 e. The maximum atomic E-state index is 13.5. The van der Waals surface area contributed by atoms with E-state index in [-0.39, 0.29) is 12.2 Å². The topological polar surface area (TPSA) is 38.7 Å². The zero-order valence-corrected chi connectivity index (χ0v) is 11.3. The summed E-state index contributed by atoms with van der Waals surface area (Å²) in [7, 11) is 1.62. The lowest BCUT2D eigenvalue weighted by Gasteiger charge is -2.14. The summed E-state index contributed by atoms with van der Waals surface area (Å²) in [6.45, 7) is 0.491. The van der Waals surface area contributed by atoms with E-state index in [1.807, 2.05) is 18.2 Å². The zero-order chi connectivity index (χ0) is 14.4. The van der Waals surface area contributed by atoms with Gasteiger partial charge in [0.1, 0.15) is 24.3 Å². The zero-order valence-electron chi connectivity index (χ0n) is 11.3. The van der Waals surface area contributed by atoms with Gasteiger partial charge in [0.2, 0.25) is 0 Å². The number of hydrogen-bond donors (Lipinski definition) is 1. The van der Waals surface area contributed by atoms with Crippen LogP contribution in [-0.2, 0) is 11.3 Å². The highest BCUT2D eigenvalue weighted by atomic mass is 19.1. The largest absolute Gasteiger partial charge is 0.491 e. The molecule has 0 saturated heterocycles. The van der Waals surface area contributed by atoms with Crippen LogP contribution < -0.4 is 4.74 Å². The van der Waals surface area contributed by atoms with Crippen molar-refractivity contribution in [2.45, 2.75) is 12.7 Å². The molecule has 0 aromatic heterocycles. The molecule has 2 rings (SSSR count). The molecular formula is C16H17FO3. The summed E-state index contributed by atoms with van der Waals surface area (Å²) >= 11 is 0. The first kappa shape index (κ1) is 14.5. The Morgan fingerprint density at radius 1 is 1.15 bits per heavy atom. The first-order valence-electron chi connectivity index (χ1n) is 6.34. The molecule has 1 N–H and O–H groups in total. The summed E-state index contributed by atoms with van der Waals surface area (Å²) in [6, 6.07) is 13.5. The Balaban J connectivity index is 1.98. The van der Waals surface area contributed by atoms with E-state index in [9.17, 15) is 9.50 Å². The minimum absolute atomic E-state index is 0.00261. The van der Waals surface area contributed by atoms with Gasteiger partial charge in [-0.2, -0.15) is 0 Å². The van der Waals surface area contributed by atoms with Crippen LogP contribution in [0.2, 0.25) is 0 Å². The fourth-order valence-electron chi connectivity index (χ4n) is 1.90. The molecule has 0 fully saturated rings. The second-order valence-electron chi connectivity index (χ2n) is 4.43. The molecule has 1 unspecified atom stereocenters. The number of halogens is 1. The highest BCUT2D eigenvalue weighted by Crippen LogP contribution is 2.19. The predicted octanol–water partition coefficient (Wildman–Crippen LogP) is 3.08. The van der Waals surface area contributed by atoms with Crippen LogP contribution in [0.3, 0.4) is 0 Å². The van der Waals surface area contributed by atoms with Crippen molar-refractivity contribution in [2.24, 2.45) is 0 Å². The van der Waals surface area contributed by atoms with E-state index in [1.54, 1.807) is 31.4 Å². The van der Waals surface area contributed by atoms with E-state index >= 15 is 0 Å². The Bertz CT molecular complexity index is 557. The monoisotopic (exact) mass is 276 g/mol. The molecule has 0 bridgehead atoms. The van der Waals surface area contributed by atoms with Gasteiger partial charge in [-0.1, -0.05) is 30.3 Å². The van der Waals surface area contributed by atoms with E-state index in [4.69, 9.17) is 9.47 Å². The van der Waals surface area contributed by atoms with Gasteiger partial charge in [0.25, 0.3) is 0 Å². The van der Waals surface area contributed by atoms with Gasteiger partial charge in [-0.05, 0) is 23.8 Å². The molecule has 2 aromatic carbocycles. The van der Waals surface area contributed by atoms with Crippen molar-refractivity contribution >= 4 is 0 Å². The fraction of sp³-hybridized carbons (Fsp3) is 0.250. The van der Waals surface area contributed by atoms with Crippen LogP contribution in [0, 0.1) is 5.82 Å². The third-order valence-electron chi connectivity index (χ3n) is 2.88. The smallest absolute Gasteiger partial charge is 0.129 e. The third-order valence-corrected chi connectivity index (χ3v) is 2.88. The molecule has 3 nitrogen and oxygen atoms in total. The highest BCUT2D eigenvalue weighted by molar-refractivity contribution is 5.28. The Hall–Kier alpha value is -1.91. The maximum absolute atomic E-state index is 13.5. The van der Waals surface area contributed by atoms with Crippen LogP contribution in [0.15, 0.2) is 48.5 Å². The number of benzene rings is 2. The summed E-state index contributed by atoms with van der Waals surface area (Å²) in [6.07, 6.45) is -0.998. The van der Waals surface area contributed by atoms with Crippen LogP contribution >= 0.6 is 0 Å². The fourth-order valence-corrected chi connectivity index (χ4v) is 1.90. The maximum Gasteiger partial charge on any atom is 0.129 e. The number of aliphatic hydroxyl groups excluding tert-OH is 1. The Labute approximate surface area is 117 Å². The number of rotatable bonds is 6. The number of hydrogen-bond acceptors (Lipinski definition) is 3. The number of methoxy groups -OCH3 is 1. The standard InChI is InChI=1S/C16H17FO3/c1-19-10-12-5-4-6-13(9-12)20-11-16(18)14-7-2-3-8-15(14)17/h2-9,16,18H,10-11H2,1H3. The minimum atomic E-state index is -0.998. The van der Waals surface area contributed by atoms with Gasteiger partial charge in [0, 0.05) is 12.7 Å². The molecule has 0 aliphatic rings. The van der Waals surface area contributed by atoms with Gasteiger partial charge >= 0.3 is 0 Å². The van der Waals surface area contributed by atoms with E-state index < -0.39 is 11.9 Å². The highest BCUT2D eigenvalue weighted by Gasteiger charge is 2.12. The normalized spacial score (nSPS) is 12.2. The number of aliphatic hydroxyl groups is 1. The van der Waals surface area contributed by atoms with Crippen LogP contribution in [0.5, 0.6) is 5.75 Å². The van der Waals surface area contributed by atoms with Crippen LogP contribution in [0.25, 0.3) is 0 Å². The average Bonchev–Trinajstić information content (AvgIpc) is 2.46. The molecule has 0 radical (unpaired) electrons. The number of ether oxygens (including phenoxy) is 2. The quantitative estimate of drug-likeness (QED) is 0.881. The summed E-state index contributed by atoms with van der Waals surface area (Å²) in [5.41, 5.74) is 1.21. The lowest BCUT2D eigenvalue weighted by Crippen LogP contribution is -2.11. The second kappa shape index (κ2) is 7.03.